The highest BCUT2D eigenvalue weighted by Gasteiger charge is 2.30. The van der Waals surface area contributed by atoms with Crippen molar-refractivity contribution >= 4 is 29.3 Å². The zero-order valence-corrected chi connectivity index (χ0v) is 17.2. The van der Waals surface area contributed by atoms with Crippen LogP contribution in [-0.4, -0.2) is 59.7 Å². The molecule has 1 aliphatic heterocycles. The molecule has 1 N–H and O–H groups in total. The van der Waals surface area contributed by atoms with Crippen molar-refractivity contribution < 1.29 is 14.4 Å². The quantitative estimate of drug-likeness (QED) is 0.854. The fraction of sp³-hybridized carbons (Fsp3) is 0.550. The molecule has 1 fully saturated rings. The Labute approximate surface area is 165 Å². The summed E-state index contributed by atoms with van der Waals surface area (Å²) in [4.78, 5) is 40.4. The minimum atomic E-state index is -0.325. The molecule has 27 heavy (non-hydrogen) atoms. The normalized spacial score (nSPS) is 15.4. The first kappa shape index (κ1) is 21.2. The van der Waals surface area contributed by atoms with E-state index in [0.717, 1.165) is 0 Å². The van der Waals surface area contributed by atoms with E-state index in [1.807, 2.05) is 20.8 Å². The van der Waals surface area contributed by atoms with Gasteiger partial charge >= 0.3 is 0 Å². The summed E-state index contributed by atoms with van der Waals surface area (Å²) in [6, 6.07) is 6.82. The molecule has 0 saturated carbocycles. The highest BCUT2D eigenvalue weighted by molar-refractivity contribution is 6.30. The fourth-order valence-corrected chi connectivity index (χ4v) is 3.29. The van der Waals surface area contributed by atoms with E-state index >= 15 is 0 Å². The first-order chi connectivity index (χ1) is 12.6. The lowest BCUT2D eigenvalue weighted by atomic mass is 9.95. The molecule has 6 nitrogen and oxygen atoms in total. The van der Waals surface area contributed by atoms with Crippen LogP contribution in [0.15, 0.2) is 24.3 Å². The van der Waals surface area contributed by atoms with Gasteiger partial charge in [0.25, 0.3) is 5.91 Å². The molecule has 0 aromatic heterocycles. The third-order valence-electron chi connectivity index (χ3n) is 4.49. The maximum absolute atomic E-state index is 12.6. The van der Waals surface area contributed by atoms with E-state index in [2.05, 4.69) is 5.32 Å². The van der Waals surface area contributed by atoms with Crippen LogP contribution in [-0.2, 0) is 9.59 Å². The van der Waals surface area contributed by atoms with E-state index in [4.69, 9.17) is 11.6 Å². The molecule has 7 heteroatoms. The molecule has 3 amide bonds. The SMILES string of the molecule is CN(CC(=O)NC(C)(C)C)C(=O)C1CCN(C(=O)c2ccc(Cl)cc2)CC1. The van der Waals surface area contributed by atoms with E-state index in [1.165, 1.54) is 4.90 Å². The van der Waals surface area contributed by atoms with Crippen molar-refractivity contribution in [3.8, 4) is 0 Å². The van der Waals surface area contributed by atoms with Gasteiger partial charge in [0.15, 0.2) is 0 Å². The van der Waals surface area contributed by atoms with Crippen LogP contribution < -0.4 is 5.32 Å². The van der Waals surface area contributed by atoms with Gasteiger partial charge in [-0.1, -0.05) is 11.6 Å². The van der Waals surface area contributed by atoms with E-state index in [9.17, 15) is 14.4 Å². The van der Waals surface area contributed by atoms with Crippen LogP contribution in [0.1, 0.15) is 44.0 Å². The second kappa shape index (κ2) is 8.74. The number of carbonyl (C=O) groups excluding carboxylic acids is 3. The molecule has 0 unspecified atom stereocenters. The highest BCUT2D eigenvalue weighted by Crippen LogP contribution is 2.21. The predicted octanol–water partition coefficient (Wildman–Crippen LogP) is 2.57. The summed E-state index contributed by atoms with van der Waals surface area (Å²) in [5.74, 6) is -0.423. The summed E-state index contributed by atoms with van der Waals surface area (Å²) < 4.78 is 0. The fourth-order valence-electron chi connectivity index (χ4n) is 3.17. The first-order valence-electron chi connectivity index (χ1n) is 9.17. The number of rotatable bonds is 4. The average molecular weight is 394 g/mol. The van der Waals surface area contributed by atoms with Gasteiger partial charge in [0.2, 0.25) is 11.8 Å². The molecular formula is C20H28ClN3O3. The third kappa shape index (κ3) is 6.24. The summed E-state index contributed by atoms with van der Waals surface area (Å²) in [5, 5.41) is 3.45. The van der Waals surface area contributed by atoms with Crippen molar-refractivity contribution in [3.63, 3.8) is 0 Å². The monoisotopic (exact) mass is 393 g/mol. The Balaban J connectivity index is 1.85. The van der Waals surface area contributed by atoms with Gasteiger partial charge in [0.05, 0.1) is 6.54 Å². The topological polar surface area (TPSA) is 69.7 Å². The number of likely N-dealkylation sites (tertiary alicyclic amines) is 1. The van der Waals surface area contributed by atoms with E-state index in [-0.39, 0.29) is 35.7 Å². The molecule has 0 bridgehead atoms. The van der Waals surface area contributed by atoms with Crippen LogP contribution in [0.25, 0.3) is 0 Å². The van der Waals surface area contributed by atoms with Gasteiger partial charge in [0.1, 0.15) is 0 Å². The lowest BCUT2D eigenvalue weighted by Gasteiger charge is -2.33. The number of likely N-dealkylation sites (N-methyl/N-ethyl adjacent to an activating group) is 1. The standard InChI is InChI=1S/C20H28ClN3O3/c1-20(2,3)22-17(25)13-23(4)18(26)15-9-11-24(12-10-15)19(27)14-5-7-16(21)8-6-14/h5-8,15H,9-13H2,1-4H3,(H,22,25). The van der Waals surface area contributed by atoms with E-state index in [1.54, 1.807) is 36.2 Å². The summed E-state index contributed by atoms with van der Waals surface area (Å²) in [6.45, 7) is 6.81. The molecule has 0 atom stereocenters. The number of nitrogens with one attached hydrogen (secondary N) is 1. The lowest BCUT2D eigenvalue weighted by Crippen LogP contribution is -2.48. The third-order valence-corrected chi connectivity index (χ3v) is 4.75. The number of hydrogen-bond acceptors (Lipinski definition) is 3. The van der Waals surface area contributed by atoms with Crippen molar-refractivity contribution in [2.75, 3.05) is 26.7 Å². The van der Waals surface area contributed by atoms with Gasteiger partial charge < -0.3 is 15.1 Å². The van der Waals surface area contributed by atoms with Crippen LogP contribution >= 0.6 is 11.6 Å². The first-order valence-corrected chi connectivity index (χ1v) is 9.55. The van der Waals surface area contributed by atoms with Crippen LogP contribution in [0, 0.1) is 5.92 Å². The zero-order valence-electron chi connectivity index (χ0n) is 16.4. The van der Waals surface area contributed by atoms with E-state index < -0.39 is 0 Å². The highest BCUT2D eigenvalue weighted by atomic mass is 35.5. The Kier molecular flexibility index (Phi) is 6.87. The lowest BCUT2D eigenvalue weighted by molar-refractivity contribution is -0.139. The molecule has 1 heterocycles. The number of amides is 3. The molecule has 1 aliphatic rings. The molecular weight excluding hydrogens is 366 g/mol. The smallest absolute Gasteiger partial charge is 0.253 e. The van der Waals surface area contributed by atoms with Gasteiger partial charge in [0, 0.05) is 42.2 Å². The molecule has 0 radical (unpaired) electrons. The van der Waals surface area contributed by atoms with Crippen molar-refractivity contribution in [2.45, 2.75) is 39.2 Å². The van der Waals surface area contributed by atoms with Crippen LogP contribution in [0.5, 0.6) is 0 Å². The molecule has 1 aromatic carbocycles. The van der Waals surface area contributed by atoms with E-state index in [0.29, 0.717) is 36.5 Å². The Morgan fingerprint density at radius 3 is 2.22 bits per heavy atom. The summed E-state index contributed by atoms with van der Waals surface area (Å²) in [5.41, 5.74) is 0.272. The second-order valence-corrected chi connectivity index (χ2v) is 8.50. The minimum absolute atomic E-state index is 0.0417. The number of halogens is 1. The van der Waals surface area contributed by atoms with Gasteiger partial charge in [-0.15, -0.1) is 0 Å². The zero-order chi connectivity index (χ0) is 20.2. The molecule has 148 valence electrons. The van der Waals surface area contributed by atoms with Crippen molar-refractivity contribution in [2.24, 2.45) is 5.92 Å². The molecule has 0 spiro atoms. The Morgan fingerprint density at radius 2 is 1.70 bits per heavy atom. The summed E-state index contributed by atoms with van der Waals surface area (Å²) in [6.07, 6.45) is 1.20. The Bertz CT molecular complexity index is 689. The van der Waals surface area contributed by atoms with Crippen LogP contribution in [0.4, 0.5) is 0 Å². The number of piperidine rings is 1. The number of benzene rings is 1. The summed E-state index contributed by atoms with van der Waals surface area (Å²) >= 11 is 5.86. The van der Waals surface area contributed by atoms with Crippen molar-refractivity contribution in [1.82, 2.24) is 15.1 Å². The van der Waals surface area contributed by atoms with Gasteiger partial charge in [-0.05, 0) is 57.9 Å². The largest absolute Gasteiger partial charge is 0.350 e. The predicted molar refractivity (Wildman–Crippen MR) is 106 cm³/mol. The second-order valence-electron chi connectivity index (χ2n) is 8.07. The van der Waals surface area contributed by atoms with Gasteiger partial charge in [-0.2, -0.15) is 0 Å². The Morgan fingerprint density at radius 1 is 1.15 bits per heavy atom. The minimum Gasteiger partial charge on any atom is -0.350 e. The van der Waals surface area contributed by atoms with Crippen molar-refractivity contribution in [3.05, 3.63) is 34.9 Å². The average Bonchev–Trinajstić information content (AvgIpc) is 2.59. The molecule has 2 rings (SSSR count). The molecule has 0 aliphatic carbocycles. The van der Waals surface area contributed by atoms with Gasteiger partial charge in [-0.25, -0.2) is 0 Å². The van der Waals surface area contributed by atoms with Crippen LogP contribution in [0.3, 0.4) is 0 Å². The van der Waals surface area contributed by atoms with Gasteiger partial charge in [-0.3, -0.25) is 14.4 Å². The van der Waals surface area contributed by atoms with Crippen molar-refractivity contribution in [1.29, 1.82) is 0 Å². The molecule has 1 aromatic rings. The summed E-state index contributed by atoms with van der Waals surface area (Å²) in [7, 11) is 1.65. The maximum Gasteiger partial charge on any atom is 0.253 e. The number of nitrogens with zero attached hydrogens (tertiary/aromatic N) is 2. The molecule has 1 saturated heterocycles. The van der Waals surface area contributed by atoms with Crippen LogP contribution in [0.2, 0.25) is 5.02 Å². The maximum atomic E-state index is 12.6. The number of hydrogen-bond donors (Lipinski definition) is 1. The number of carbonyl (C=O) groups is 3. The Hall–Kier alpha value is -2.08.